The van der Waals surface area contributed by atoms with E-state index in [4.69, 9.17) is 9.94 Å². The van der Waals surface area contributed by atoms with Crippen LogP contribution in [0.4, 0.5) is 5.82 Å². The number of rotatable bonds is 6. The van der Waals surface area contributed by atoms with Crippen LogP contribution < -0.4 is 9.96 Å². The van der Waals surface area contributed by atoms with Gasteiger partial charge in [0.25, 0.3) is 12.0 Å². The summed E-state index contributed by atoms with van der Waals surface area (Å²) in [5, 5.41) is 38.8. The van der Waals surface area contributed by atoms with E-state index in [2.05, 4.69) is 4.98 Å². The van der Waals surface area contributed by atoms with Crippen LogP contribution in [-0.4, -0.2) is 49.7 Å². The Morgan fingerprint density at radius 2 is 2.09 bits per heavy atom. The average molecular weight is 323 g/mol. The second kappa shape index (κ2) is 7.20. The SMILES string of the molecule is COc1ccc(C(O)C/[N+](O)=C/c2ncc([NH+]([O-])O)n2C)cc1. The van der Waals surface area contributed by atoms with Gasteiger partial charge in [0.05, 0.1) is 7.11 Å². The summed E-state index contributed by atoms with van der Waals surface area (Å²) in [6.45, 7) is -0.0956. The maximum atomic E-state index is 10.9. The minimum Gasteiger partial charge on any atom is -0.594 e. The van der Waals surface area contributed by atoms with Crippen molar-refractivity contribution in [3.8, 4) is 5.75 Å². The number of quaternary nitrogens is 1. The van der Waals surface area contributed by atoms with Crippen LogP contribution in [0, 0.1) is 5.21 Å². The van der Waals surface area contributed by atoms with E-state index in [0.717, 1.165) is 4.74 Å². The van der Waals surface area contributed by atoms with Crippen molar-refractivity contribution in [3.63, 3.8) is 0 Å². The highest BCUT2D eigenvalue weighted by molar-refractivity contribution is 5.70. The van der Waals surface area contributed by atoms with Gasteiger partial charge >= 0.3 is 0 Å². The van der Waals surface area contributed by atoms with Gasteiger partial charge in [-0.05, 0) is 22.4 Å². The number of aliphatic hydroxyl groups is 1. The highest BCUT2D eigenvalue weighted by atomic mass is 16.8. The van der Waals surface area contributed by atoms with Crippen molar-refractivity contribution in [2.45, 2.75) is 6.10 Å². The van der Waals surface area contributed by atoms with E-state index in [-0.39, 0.29) is 18.2 Å². The van der Waals surface area contributed by atoms with Gasteiger partial charge in [-0.15, -0.1) is 0 Å². The number of ether oxygens (including phenoxy) is 1. The lowest BCUT2D eigenvalue weighted by Gasteiger charge is -2.10. The Labute approximate surface area is 132 Å². The quantitative estimate of drug-likeness (QED) is 0.244. The first-order valence-corrected chi connectivity index (χ1v) is 6.79. The van der Waals surface area contributed by atoms with E-state index in [9.17, 15) is 15.5 Å². The molecule has 0 radical (unpaired) electrons. The first kappa shape index (κ1) is 16.9. The number of imidazole rings is 1. The standard InChI is InChI=1S/C14H19N4O5/c1-16-13(15-7-14(16)18(21)22)9-17(20)8-12(19)10-3-5-11(23-2)6-4-10/h3-7,9,12,18-21H,8H2,1-2H3/q+1. The summed E-state index contributed by atoms with van der Waals surface area (Å²) < 4.78 is 7.13. The van der Waals surface area contributed by atoms with Crippen molar-refractivity contribution in [1.82, 2.24) is 9.55 Å². The predicted molar refractivity (Wildman–Crippen MR) is 79.0 cm³/mol. The van der Waals surface area contributed by atoms with Crippen LogP contribution in [0.15, 0.2) is 30.5 Å². The van der Waals surface area contributed by atoms with Crippen LogP contribution in [0.2, 0.25) is 0 Å². The van der Waals surface area contributed by atoms with E-state index in [1.54, 1.807) is 31.4 Å². The van der Waals surface area contributed by atoms with Crippen molar-refractivity contribution >= 4 is 12.0 Å². The monoisotopic (exact) mass is 323 g/mol. The zero-order chi connectivity index (χ0) is 17.0. The molecule has 1 aromatic heterocycles. The zero-order valence-corrected chi connectivity index (χ0v) is 12.7. The molecule has 1 heterocycles. The Balaban J connectivity index is 2.09. The molecule has 0 saturated carbocycles. The van der Waals surface area contributed by atoms with E-state index >= 15 is 0 Å². The fourth-order valence-corrected chi connectivity index (χ4v) is 2.04. The maximum absolute atomic E-state index is 10.9. The number of hydrogen-bond donors (Lipinski definition) is 4. The molecular formula is C14H19N4O5+. The second-order valence-electron chi connectivity index (χ2n) is 4.91. The minimum absolute atomic E-state index is 0.000327. The Morgan fingerprint density at radius 1 is 1.43 bits per heavy atom. The van der Waals surface area contributed by atoms with Crippen LogP contribution >= 0.6 is 0 Å². The average Bonchev–Trinajstić information content (AvgIpc) is 2.88. The van der Waals surface area contributed by atoms with Crippen molar-refractivity contribution < 1.29 is 30.2 Å². The summed E-state index contributed by atoms with van der Waals surface area (Å²) >= 11 is 0. The molecule has 9 heteroatoms. The van der Waals surface area contributed by atoms with Gasteiger partial charge in [0, 0.05) is 7.05 Å². The molecule has 2 rings (SSSR count). The molecule has 0 aliphatic carbocycles. The summed E-state index contributed by atoms with van der Waals surface area (Å²) in [4.78, 5) is 3.91. The zero-order valence-electron chi connectivity index (χ0n) is 12.7. The minimum atomic E-state index is -1.11. The predicted octanol–water partition coefficient (Wildman–Crippen LogP) is -0.614. The molecule has 2 unspecified atom stereocenters. The fraction of sp³-hybridized carbons (Fsp3) is 0.286. The summed E-state index contributed by atoms with van der Waals surface area (Å²) in [5.74, 6) is 0.926. The van der Waals surface area contributed by atoms with Crippen molar-refractivity contribution in [3.05, 3.63) is 47.1 Å². The summed E-state index contributed by atoms with van der Waals surface area (Å²) in [5.41, 5.74) is 0.615. The first-order chi connectivity index (χ1) is 10.9. The smallest absolute Gasteiger partial charge is 0.259 e. The van der Waals surface area contributed by atoms with Gasteiger partial charge in [0.2, 0.25) is 12.4 Å². The van der Waals surface area contributed by atoms with Gasteiger partial charge in [0.15, 0.2) is 0 Å². The Bertz CT molecular complexity index is 681. The number of methoxy groups -OCH3 is 1. The summed E-state index contributed by atoms with van der Waals surface area (Å²) in [6, 6.07) is 6.81. The molecule has 4 N–H and O–H groups in total. The topological polar surface area (TPSA) is 118 Å². The molecule has 9 nitrogen and oxygen atoms in total. The maximum Gasteiger partial charge on any atom is 0.259 e. The van der Waals surface area contributed by atoms with E-state index in [1.807, 2.05) is 0 Å². The molecule has 0 aliphatic rings. The van der Waals surface area contributed by atoms with Crippen LogP contribution in [0.1, 0.15) is 17.5 Å². The Morgan fingerprint density at radius 3 is 2.61 bits per heavy atom. The summed E-state index contributed by atoms with van der Waals surface area (Å²) in [6.07, 6.45) is 1.52. The normalized spacial score (nSPS) is 14.6. The van der Waals surface area contributed by atoms with Gasteiger partial charge in [0.1, 0.15) is 18.1 Å². The van der Waals surface area contributed by atoms with E-state index in [0.29, 0.717) is 11.3 Å². The highest BCUT2D eigenvalue weighted by Crippen LogP contribution is 2.17. The lowest BCUT2D eigenvalue weighted by molar-refractivity contribution is -0.994. The number of aromatic nitrogens is 2. The largest absolute Gasteiger partial charge is 0.594 e. The van der Waals surface area contributed by atoms with E-state index in [1.165, 1.54) is 24.0 Å². The van der Waals surface area contributed by atoms with Crippen molar-refractivity contribution in [2.24, 2.45) is 7.05 Å². The highest BCUT2D eigenvalue weighted by Gasteiger charge is 2.18. The van der Waals surface area contributed by atoms with E-state index < -0.39 is 11.3 Å². The van der Waals surface area contributed by atoms with Crippen LogP contribution in [0.5, 0.6) is 5.75 Å². The molecule has 23 heavy (non-hydrogen) atoms. The summed E-state index contributed by atoms with van der Waals surface area (Å²) in [7, 11) is 3.07. The number of aliphatic hydroxyl groups excluding tert-OH is 1. The van der Waals surface area contributed by atoms with Crippen LogP contribution in [-0.2, 0) is 7.05 Å². The lowest BCUT2D eigenvalue weighted by Crippen LogP contribution is -2.99. The first-order valence-electron chi connectivity index (χ1n) is 6.79. The molecule has 0 amide bonds. The molecule has 2 aromatic rings. The number of hydrogen-bond acceptors (Lipinski definition) is 6. The van der Waals surface area contributed by atoms with Crippen LogP contribution in [0.3, 0.4) is 0 Å². The molecule has 0 spiro atoms. The molecular weight excluding hydrogens is 304 g/mol. The molecule has 124 valence electrons. The van der Waals surface area contributed by atoms with Crippen LogP contribution in [0.25, 0.3) is 0 Å². The Hall–Kier alpha value is -2.46. The molecule has 0 bridgehead atoms. The third-order valence-electron chi connectivity index (χ3n) is 3.37. The molecule has 0 fully saturated rings. The fourth-order valence-electron chi connectivity index (χ4n) is 2.04. The number of benzene rings is 1. The third-order valence-corrected chi connectivity index (χ3v) is 3.37. The van der Waals surface area contributed by atoms with Gasteiger partial charge in [-0.3, -0.25) is 9.77 Å². The number of nitrogens with zero attached hydrogens (tertiary/aromatic N) is 3. The third kappa shape index (κ3) is 4.05. The molecule has 0 saturated heterocycles. The van der Waals surface area contributed by atoms with Gasteiger partial charge in [-0.25, -0.2) is 10.2 Å². The number of nitrogens with one attached hydrogen (secondary N) is 1. The van der Waals surface area contributed by atoms with Crippen molar-refractivity contribution in [1.29, 1.82) is 0 Å². The Kier molecular flexibility index (Phi) is 5.29. The number of hydroxylamine groups is 1. The lowest BCUT2D eigenvalue weighted by atomic mass is 10.1. The molecule has 0 aliphatic heterocycles. The molecule has 2 atom stereocenters. The second-order valence-corrected chi connectivity index (χ2v) is 4.91. The van der Waals surface area contributed by atoms with Crippen molar-refractivity contribution in [2.75, 3.05) is 13.7 Å². The van der Waals surface area contributed by atoms with Gasteiger partial charge < -0.3 is 15.1 Å². The van der Waals surface area contributed by atoms with Gasteiger partial charge in [-0.2, -0.15) is 5.23 Å². The molecule has 1 aromatic carbocycles. The van der Waals surface area contributed by atoms with Gasteiger partial charge in [-0.1, -0.05) is 12.1 Å².